The van der Waals surface area contributed by atoms with Gasteiger partial charge in [-0.1, -0.05) is 17.5 Å². The van der Waals surface area contributed by atoms with Crippen molar-refractivity contribution in [3.63, 3.8) is 0 Å². The second kappa shape index (κ2) is 9.96. The molecule has 3 heterocycles. The predicted octanol–water partition coefficient (Wildman–Crippen LogP) is 3.83. The molecule has 7 heteroatoms. The van der Waals surface area contributed by atoms with E-state index < -0.39 is 0 Å². The molecule has 0 aliphatic rings. The summed E-state index contributed by atoms with van der Waals surface area (Å²) in [4.78, 5) is 18.3. The number of hydrogen-bond acceptors (Lipinski definition) is 5. The van der Waals surface area contributed by atoms with Crippen molar-refractivity contribution in [3.05, 3.63) is 65.6 Å². The van der Waals surface area contributed by atoms with Crippen molar-refractivity contribution in [3.8, 4) is 17.1 Å². The summed E-state index contributed by atoms with van der Waals surface area (Å²) < 4.78 is 1.95. The zero-order valence-corrected chi connectivity index (χ0v) is 16.2. The van der Waals surface area contributed by atoms with Gasteiger partial charge in [-0.25, -0.2) is 0 Å². The Morgan fingerprint density at radius 2 is 2.00 bits per heavy atom. The molecule has 5 nitrogen and oxygen atoms in total. The number of thiazole rings is 1. The van der Waals surface area contributed by atoms with E-state index in [1.165, 1.54) is 19.9 Å². The first kappa shape index (κ1) is 20.0. The van der Waals surface area contributed by atoms with Gasteiger partial charge < -0.3 is 9.67 Å². The Balaban J connectivity index is 0.000000312. The minimum atomic E-state index is -0.125. The van der Waals surface area contributed by atoms with E-state index >= 15 is 0 Å². The molecule has 0 aliphatic heterocycles. The Bertz CT molecular complexity index is 779. The normalized spacial score (nSPS) is 10.3. The monoisotopic (exact) mass is 521 g/mol. The first-order chi connectivity index (χ1) is 11.1. The summed E-state index contributed by atoms with van der Waals surface area (Å²) in [5.74, 6) is 0.842. The number of aliphatic hydroxyl groups excluding tert-OH is 1. The average molecular weight is 521 g/mol. The van der Waals surface area contributed by atoms with Crippen molar-refractivity contribution in [2.45, 2.75) is 13.8 Å². The van der Waals surface area contributed by atoms with Gasteiger partial charge in [-0.3, -0.25) is 14.8 Å². The smallest absolute Gasteiger partial charge is 0.155 e. The van der Waals surface area contributed by atoms with Crippen LogP contribution in [0.25, 0.3) is 17.1 Å². The zero-order valence-electron chi connectivity index (χ0n) is 13.1. The van der Waals surface area contributed by atoms with Crippen molar-refractivity contribution >= 4 is 17.1 Å². The molecule has 3 aromatic heterocycles. The molecule has 3 aromatic rings. The van der Waals surface area contributed by atoms with Gasteiger partial charge >= 0.3 is 0 Å². The number of carbonyl (C=O) groups excluding carboxylic acids is 1. The van der Waals surface area contributed by atoms with E-state index in [1.807, 2.05) is 39.7 Å². The number of nitrogens with zero attached hydrogens (tertiary/aromatic N) is 3. The third-order valence-corrected chi connectivity index (χ3v) is 3.30. The van der Waals surface area contributed by atoms with Crippen LogP contribution in [0.5, 0.6) is 0 Å². The van der Waals surface area contributed by atoms with Crippen molar-refractivity contribution in [1.29, 1.82) is 0 Å². The molecule has 0 amide bonds. The van der Waals surface area contributed by atoms with E-state index in [4.69, 9.17) is 5.11 Å². The SMILES string of the molecule is CC(=O)/C=C(/C)O.[Pt].[c-]1ccc(-c2ccncc2)n1-c1cscn1. The minimum absolute atomic E-state index is 0. The Morgan fingerprint density at radius 1 is 1.29 bits per heavy atom. The molecule has 0 aliphatic carbocycles. The van der Waals surface area contributed by atoms with Gasteiger partial charge in [-0.05, 0) is 31.4 Å². The second-order valence-corrected chi connectivity index (χ2v) is 5.38. The minimum Gasteiger partial charge on any atom is -0.512 e. The fourth-order valence-corrected chi connectivity index (χ4v) is 2.40. The molecule has 0 saturated heterocycles. The van der Waals surface area contributed by atoms with E-state index in [0.29, 0.717) is 0 Å². The third kappa shape index (κ3) is 5.87. The van der Waals surface area contributed by atoms with E-state index in [2.05, 4.69) is 16.2 Å². The summed E-state index contributed by atoms with van der Waals surface area (Å²) >= 11 is 1.58. The molecular formula is C17H16N3O2PtS-. The van der Waals surface area contributed by atoms with Gasteiger partial charge in [0.2, 0.25) is 0 Å². The van der Waals surface area contributed by atoms with Crippen molar-refractivity contribution in [2.75, 3.05) is 0 Å². The summed E-state index contributed by atoms with van der Waals surface area (Å²) in [6.45, 7) is 2.85. The van der Waals surface area contributed by atoms with Crippen molar-refractivity contribution < 1.29 is 31.0 Å². The maximum absolute atomic E-state index is 10.0. The number of hydrogen-bond donors (Lipinski definition) is 1. The molecule has 24 heavy (non-hydrogen) atoms. The molecule has 0 aromatic carbocycles. The van der Waals surface area contributed by atoms with Crippen LogP contribution in [-0.4, -0.2) is 25.4 Å². The van der Waals surface area contributed by atoms with Crippen molar-refractivity contribution in [1.82, 2.24) is 14.5 Å². The first-order valence-electron chi connectivity index (χ1n) is 6.84. The van der Waals surface area contributed by atoms with Gasteiger partial charge in [-0.2, -0.15) is 6.07 Å². The largest absolute Gasteiger partial charge is 0.512 e. The number of aliphatic hydroxyl groups is 1. The maximum atomic E-state index is 10.0. The fourth-order valence-electron chi connectivity index (χ4n) is 1.88. The molecule has 0 spiro atoms. The molecule has 0 fully saturated rings. The van der Waals surface area contributed by atoms with E-state index in [9.17, 15) is 4.79 Å². The van der Waals surface area contributed by atoms with Crippen LogP contribution >= 0.6 is 11.3 Å². The molecule has 0 atom stereocenters. The number of allylic oxidation sites excluding steroid dienone is 2. The van der Waals surface area contributed by atoms with Crippen LogP contribution in [0, 0.1) is 6.20 Å². The Morgan fingerprint density at radius 3 is 2.50 bits per heavy atom. The van der Waals surface area contributed by atoms with Crippen LogP contribution in [0.3, 0.4) is 0 Å². The van der Waals surface area contributed by atoms with Crippen LogP contribution in [0.1, 0.15) is 13.8 Å². The van der Waals surface area contributed by atoms with Gasteiger partial charge in [-0.15, -0.1) is 17.4 Å². The van der Waals surface area contributed by atoms with Gasteiger partial charge in [0.15, 0.2) is 5.78 Å². The predicted molar refractivity (Wildman–Crippen MR) is 90.6 cm³/mol. The summed E-state index contributed by atoms with van der Waals surface area (Å²) in [6, 6.07) is 7.88. The summed E-state index contributed by atoms with van der Waals surface area (Å²) in [6.07, 6.45) is 7.88. The molecule has 0 unspecified atom stereocenters. The van der Waals surface area contributed by atoms with Gasteiger partial charge in [0, 0.05) is 39.5 Å². The number of ketones is 1. The summed E-state index contributed by atoms with van der Waals surface area (Å²) in [5.41, 5.74) is 4.01. The summed E-state index contributed by atoms with van der Waals surface area (Å²) in [5, 5.41) is 10.4. The first-order valence-corrected chi connectivity index (χ1v) is 7.78. The second-order valence-electron chi connectivity index (χ2n) is 4.66. The molecule has 1 N–H and O–H groups in total. The fraction of sp³-hybridized carbons (Fsp3) is 0.118. The van der Waals surface area contributed by atoms with Crippen molar-refractivity contribution in [2.24, 2.45) is 0 Å². The van der Waals surface area contributed by atoms with Gasteiger partial charge in [0.05, 0.1) is 17.1 Å². The molecule has 0 radical (unpaired) electrons. The molecule has 128 valence electrons. The number of carbonyl (C=O) groups is 1. The van der Waals surface area contributed by atoms with Crippen LogP contribution in [-0.2, 0) is 25.9 Å². The zero-order chi connectivity index (χ0) is 16.7. The number of pyridine rings is 1. The Kier molecular flexibility index (Phi) is 8.30. The third-order valence-electron chi connectivity index (χ3n) is 2.72. The molecule has 0 saturated carbocycles. The average Bonchev–Trinajstić information content (AvgIpc) is 3.18. The topological polar surface area (TPSA) is 68.0 Å². The quantitative estimate of drug-likeness (QED) is 0.323. The Hall–Kier alpha value is -2.04. The van der Waals surface area contributed by atoms with Crippen LogP contribution in [0.15, 0.2) is 59.4 Å². The number of aromatic nitrogens is 3. The van der Waals surface area contributed by atoms with E-state index in [1.54, 1.807) is 23.7 Å². The van der Waals surface area contributed by atoms with Gasteiger partial charge in [0.25, 0.3) is 0 Å². The number of rotatable bonds is 3. The standard InChI is InChI=1S/C12H8N3S.C5H8O2.Pt/c1-2-11(10-3-5-13-6-4-10)15(7-1)12-8-16-9-14-12;1-4(6)3-5(2)7;/h1-6,8-9H;3,6H,1-2H3;/q-1;;/b;4-3-;. The molecule has 3 rings (SSSR count). The molecular weight excluding hydrogens is 505 g/mol. The van der Waals surface area contributed by atoms with Crippen LogP contribution in [0.4, 0.5) is 0 Å². The Labute approximate surface area is 159 Å². The van der Waals surface area contributed by atoms with E-state index in [-0.39, 0.29) is 32.6 Å². The van der Waals surface area contributed by atoms with Crippen LogP contribution in [0.2, 0.25) is 0 Å². The van der Waals surface area contributed by atoms with Gasteiger partial charge in [0.1, 0.15) is 0 Å². The summed E-state index contributed by atoms with van der Waals surface area (Å²) in [7, 11) is 0. The van der Waals surface area contributed by atoms with Crippen LogP contribution < -0.4 is 0 Å². The van der Waals surface area contributed by atoms with E-state index in [0.717, 1.165) is 17.1 Å². The molecule has 0 bridgehead atoms. The maximum Gasteiger partial charge on any atom is 0.155 e.